The van der Waals surface area contributed by atoms with E-state index in [9.17, 15) is 4.79 Å². The highest BCUT2D eigenvalue weighted by Crippen LogP contribution is 2.32. The molecule has 0 radical (unpaired) electrons. The number of anilines is 1. The Morgan fingerprint density at radius 3 is 2.81 bits per heavy atom. The number of methoxy groups -OCH3 is 1. The van der Waals surface area contributed by atoms with E-state index in [0.717, 1.165) is 11.1 Å². The topological polar surface area (TPSA) is 116 Å². The summed E-state index contributed by atoms with van der Waals surface area (Å²) in [6, 6.07) is 7.49. The lowest BCUT2D eigenvalue weighted by atomic mass is 9.90. The lowest BCUT2D eigenvalue weighted by Gasteiger charge is -2.27. The van der Waals surface area contributed by atoms with Gasteiger partial charge in [0.1, 0.15) is 0 Å². The molecule has 2 aromatic heterocycles. The zero-order valence-electron chi connectivity index (χ0n) is 14.9. The second-order valence-electron chi connectivity index (χ2n) is 6.25. The number of nitrogens with zero attached hydrogens (tertiary/aromatic N) is 4. The lowest BCUT2D eigenvalue weighted by molar-refractivity contribution is 0.0922. The van der Waals surface area contributed by atoms with Gasteiger partial charge in [-0.05, 0) is 12.5 Å². The van der Waals surface area contributed by atoms with Crippen molar-refractivity contribution >= 4 is 11.9 Å². The average molecular weight is 361 g/mol. The maximum absolute atomic E-state index is 12.7. The van der Waals surface area contributed by atoms with Gasteiger partial charge in [0.15, 0.2) is 0 Å². The number of aryl methyl sites for hydroxylation is 1. The van der Waals surface area contributed by atoms with Crippen molar-refractivity contribution in [1.29, 1.82) is 0 Å². The highest BCUT2D eigenvalue weighted by atomic mass is 16.4. The number of carbonyl (C=O) groups excluding carboxylic acids is 1. The van der Waals surface area contributed by atoms with Gasteiger partial charge in [-0.15, -0.1) is 0 Å². The van der Waals surface area contributed by atoms with Gasteiger partial charge in [0.05, 0.1) is 48.2 Å². The van der Waals surface area contributed by atoms with Gasteiger partial charge in [0.25, 0.3) is 5.91 Å². The molecule has 1 unspecified atom stereocenters. The average Bonchev–Trinajstić information content (AvgIpc) is 2.67. The number of aromatic nitrogens is 4. The van der Waals surface area contributed by atoms with Gasteiger partial charge >= 0.3 is 0 Å². The van der Waals surface area contributed by atoms with Crippen LogP contribution in [0.1, 0.15) is 33.4 Å². The SMILES string of the molecule is Cc1nc(N)nc2c1C(=O)NC(c1ccccc1-c1cncc(O[11CH3])n1)C2. The summed E-state index contributed by atoms with van der Waals surface area (Å²) in [5.74, 6) is 0.397. The van der Waals surface area contributed by atoms with Crippen LogP contribution in [0.3, 0.4) is 0 Å². The Labute approximate surface area is 155 Å². The molecule has 0 saturated carbocycles. The predicted molar refractivity (Wildman–Crippen MR) is 99.1 cm³/mol. The summed E-state index contributed by atoms with van der Waals surface area (Å²) in [5, 5.41) is 3.05. The number of nitrogens with one attached hydrogen (secondary N) is 1. The van der Waals surface area contributed by atoms with E-state index in [1.807, 2.05) is 24.3 Å². The Hall–Kier alpha value is -3.55. The quantitative estimate of drug-likeness (QED) is 0.731. The van der Waals surface area contributed by atoms with E-state index >= 15 is 0 Å². The minimum absolute atomic E-state index is 0.173. The number of rotatable bonds is 3. The zero-order valence-corrected chi connectivity index (χ0v) is 14.9. The molecule has 1 aliphatic rings. The maximum Gasteiger partial charge on any atom is 0.255 e. The summed E-state index contributed by atoms with van der Waals surface area (Å²) in [6.45, 7) is 1.76. The van der Waals surface area contributed by atoms with E-state index in [4.69, 9.17) is 10.5 Å². The molecule has 0 aliphatic carbocycles. The summed E-state index contributed by atoms with van der Waals surface area (Å²) in [6.07, 6.45) is 3.74. The molecule has 8 heteroatoms. The summed E-state index contributed by atoms with van der Waals surface area (Å²) in [5.41, 5.74) is 9.98. The summed E-state index contributed by atoms with van der Waals surface area (Å²) in [7, 11) is 1.55. The van der Waals surface area contributed by atoms with Crippen molar-refractivity contribution in [3.05, 3.63) is 59.2 Å². The first-order valence-electron chi connectivity index (χ1n) is 8.46. The Balaban J connectivity index is 1.78. The molecule has 27 heavy (non-hydrogen) atoms. The van der Waals surface area contributed by atoms with Crippen LogP contribution in [0.2, 0.25) is 0 Å². The van der Waals surface area contributed by atoms with Crippen molar-refractivity contribution in [3.63, 3.8) is 0 Å². The van der Waals surface area contributed by atoms with Crippen molar-refractivity contribution in [2.75, 3.05) is 12.8 Å². The number of fused-ring (bicyclic) bond motifs is 1. The molecule has 3 N–H and O–H groups in total. The predicted octanol–water partition coefficient (Wildman–Crippen LogP) is 1.86. The number of amides is 1. The van der Waals surface area contributed by atoms with Crippen LogP contribution in [0.5, 0.6) is 5.88 Å². The fraction of sp³-hybridized carbons (Fsp3) is 0.211. The van der Waals surface area contributed by atoms with Crippen LogP contribution in [0.25, 0.3) is 11.3 Å². The maximum atomic E-state index is 12.7. The van der Waals surface area contributed by atoms with Crippen LogP contribution >= 0.6 is 0 Å². The van der Waals surface area contributed by atoms with Crippen LogP contribution in [0.15, 0.2) is 36.7 Å². The van der Waals surface area contributed by atoms with E-state index < -0.39 is 0 Å². The van der Waals surface area contributed by atoms with Gasteiger partial charge in [0.2, 0.25) is 11.8 Å². The third-order valence-corrected chi connectivity index (χ3v) is 4.55. The number of nitrogens with two attached hydrogens (primary N) is 1. The number of benzene rings is 1. The van der Waals surface area contributed by atoms with E-state index in [2.05, 4.69) is 25.3 Å². The molecule has 8 nitrogen and oxygen atoms in total. The van der Waals surface area contributed by atoms with Gasteiger partial charge in [-0.25, -0.2) is 15.0 Å². The molecule has 0 spiro atoms. The minimum Gasteiger partial charge on any atom is -0.480 e. The highest BCUT2D eigenvalue weighted by Gasteiger charge is 2.30. The van der Waals surface area contributed by atoms with Crippen molar-refractivity contribution in [2.45, 2.75) is 19.4 Å². The number of hydrogen-bond acceptors (Lipinski definition) is 7. The van der Waals surface area contributed by atoms with Crippen LogP contribution < -0.4 is 15.8 Å². The van der Waals surface area contributed by atoms with Crippen LogP contribution in [-0.2, 0) is 6.42 Å². The fourth-order valence-corrected chi connectivity index (χ4v) is 3.37. The largest absolute Gasteiger partial charge is 0.480 e. The Morgan fingerprint density at radius 1 is 1.19 bits per heavy atom. The zero-order chi connectivity index (χ0) is 19.0. The van der Waals surface area contributed by atoms with Crippen molar-refractivity contribution in [3.8, 4) is 17.1 Å². The van der Waals surface area contributed by atoms with Crippen molar-refractivity contribution in [2.24, 2.45) is 0 Å². The van der Waals surface area contributed by atoms with Gasteiger partial charge in [-0.1, -0.05) is 24.3 Å². The standard InChI is InChI=1S/C19H18N6O2/c1-10-17-14(25-19(20)22-10)7-13(24-18(17)26)11-5-3-4-6-12(11)15-8-21-9-16(23-15)27-2/h3-6,8-9,13H,7H2,1-2H3,(H,24,26)(H2,20,22,25)/i2-1. The molecule has 0 fully saturated rings. The first-order valence-corrected chi connectivity index (χ1v) is 8.46. The number of nitrogen functional groups attached to an aromatic ring is 1. The second kappa shape index (κ2) is 6.64. The normalized spacial score (nSPS) is 15.8. The van der Waals surface area contributed by atoms with Crippen molar-refractivity contribution in [1.82, 2.24) is 25.3 Å². The molecule has 0 bridgehead atoms. The first-order chi connectivity index (χ1) is 13.1. The molecule has 1 atom stereocenters. The molecule has 0 saturated heterocycles. The van der Waals surface area contributed by atoms with E-state index in [0.29, 0.717) is 34.9 Å². The van der Waals surface area contributed by atoms with Gasteiger partial charge in [0, 0.05) is 12.0 Å². The number of carbonyl (C=O) groups is 1. The van der Waals surface area contributed by atoms with E-state index in [1.165, 1.54) is 0 Å². The highest BCUT2D eigenvalue weighted by molar-refractivity contribution is 5.98. The van der Waals surface area contributed by atoms with Crippen LogP contribution in [0.4, 0.5) is 5.95 Å². The lowest BCUT2D eigenvalue weighted by Crippen LogP contribution is -2.37. The molecule has 3 heterocycles. The second-order valence-corrected chi connectivity index (χ2v) is 6.25. The van der Waals surface area contributed by atoms with Crippen molar-refractivity contribution < 1.29 is 9.53 Å². The molecule has 3 aromatic rings. The molecule has 4 rings (SSSR count). The Kier molecular flexibility index (Phi) is 4.15. The third kappa shape index (κ3) is 3.05. The molecule has 1 amide bonds. The van der Waals surface area contributed by atoms with Crippen LogP contribution in [0, 0.1) is 6.92 Å². The molecule has 1 aliphatic heterocycles. The van der Waals surface area contributed by atoms with Gasteiger partial charge in [-0.2, -0.15) is 0 Å². The molecular weight excluding hydrogens is 343 g/mol. The Morgan fingerprint density at radius 2 is 2.00 bits per heavy atom. The summed E-state index contributed by atoms with van der Waals surface area (Å²) >= 11 is 0. The first kappa shape index (κ1) is 16.9. The van der Waals surface area contributed by atoms with Crippen LogP contribution in [-0.4, -0.2) is 33.0 Å². The van der Waals surface area contributed by atoms with E-state index in [-0.39, 0.29) is 17.9 Å². The summed E-state index contributed by atoms with van der Waals surface area (Å²) < 4.78 is 5.18. The van der Waals surface area contributed by atoms with Gasteiger partial charge < -0.3 is 15.8 Å². The van der Waals surface area contributed by atoms with E-state index in [1.54, 1.807) is 26.4 Å². The summed E-state index contributed by atoms with van der Waals surface area (Å²) in [4.78, 5) is 29.7. The smallest absolute Gasteiger partial charge is 0.255 e. The fourth-order valence-electron chi connectivity index (χ4n) is 3.37. The Bertz CT molecular complexity index is 1040. The molecule has 1 aromatic carbocycles. The minimum atomic E-state index is -0.261. The van der Waals surface area contributed by atoms with Gasteiger partial charge in [-0.3, -0.25) is 9.78 Å². The third-order valence-electron chi connectivity index (χ3n) is 4.55. The molecule has 136 valence electrons. The monoisotopic (exact) mass is 361 g/mol. The number of hydrogen-bond donors (Lipinski definition) is 2. The molecular formula is C19H18N6O2. The number of ether oxygens (including phenoxy) is 1.